The number of aryl methyl sites for hydroxylation is 1. The first-order valence-corrected chi connectivity index (χ1v) is 6.30. The van der Waals surface area contributed by atoms with Gasteiger partial charge in [-0.2, -0.15) is 0 Å². The van der Waals surface area contributed by atoms with Gasteiger partial charge < -0.3 is 15.2 Å². The third kappa shape index (κ3) is 3.11. The molecule has 4 nitrogen and oxygen atoms in total. The van der Waals surface area contributed by atoms with Gasteiger partial charge in [0.1, 0.15) is 11.4 Å². The van der Waals surface area contributed by atoms with Crippen molar-refractivity contribution in [1.82, 2.24) is 5.32 Å². The molecule has 0 radical (unpaired) electrons. The molecule has 2 rings (SSSR count). The Labute approximate surface area is 111 Å². The van der Waals surface area contributed by atoms with Crippen molar-refractivity contribution < 1.29 is 19.0 Å². The van der Waals surface area contributed by atoms with Crippen molar-refractivity contribution in [3.05, 3.63) is 35.1 Å². The van der Waals surface area contributed by atoms with Crippen LogP contribution >= 0.6 is 0 Å². The van der Waals surface area contributed by atoms with Crippen LogP contribution in [0.2, 0.25) is 0 Å². The number of carbonyl (C=O) groups is 1. The fraction of sp³-hybridized carbons (Fsp3) is 0.500. The fourth-order valence-electron chi connectivity index (χ4n) is 2.21. The van der Waals surface area contributed by atoms with Crippen molar-refractivity contribution >= 4 is 5.91 Å². The lowest BCUT2D eigenvalue weighted by molar-refractivity contribution is -0.0251. The van der Waals surface area contributed by atoms with Crippen molar-refractivity contribution in [3.63, 3.8) is 0 Å². The molecule has 1 saturated heterocycles. The molecule has 19 heavy (non-hydrogen) atoms. The Hall–Kier alpha value is -1.46. The van der Waals surface area contributed by atoms with Gasteiger partial charge in [0.05, 0.1) is 6.10 Å². The second-order valence-corrected chi connectivity index (χ2v) is 5.07. The highest BCUT2D eigenvalue weighted by atomic mass is 19.1. The summed E-state index contributed by atoms with van der Waals surface area (Å²) in [5.41, 5.74) is -0.105. The smallest absolute Gasteiger partial charge is 0.251 e. The van der Waals surface area contributed by atoms with Crippen molar-refractivity contribution in [2.24, 2.45) is 0 Å². The summed E-state index contributed by atoms with van der Waals surface area (Å²) in [6.45, 7) is 4.07. The van der Waals surface area contributed by atoms with Crippen LogP contribution in [0.15, 0.2) is 18.2 Å². The maximum atomic E-state index is 13.2. The zero-order chi connectivity index (χ0) is 14.0. The Morgan fingerprint density at radius 3 is 2.89 bits per heavy atom. The van der Waals surface area contributed by atoms with E-state index in [1.807, 2.05) is 0 Å². The first-order chi connectivity index (χ1) is 8.90. The summed E-state index contributed by atoms with van der Waals surface area (Å²) in [4.78, 5) is 11.9. The van der Waals surface area contributed by atoms with E-state index in [0.717, 1.165) is 0 Å². The number of benzene rings is 1. The van der Waals surface area contributed by atoms with E-state index in [2.05, 4.69) is 5.32 Å². The van der Waals surface area contributed by atoms with Crippen LogP contribution in [0.4, 0.5) is 4.39 Å². The molecule has 2 atom stereocenters. The van der Waals surface area contributed by atoms with Crippen molar-refractivity contribution in [2.75, 3.05) is 13.2 Å². The Morgan fingerprint density at radius 2 is 2.32 bits per heavy atom. The molecular weight excluding hydrogens is 249 g/mol. The normalized spacial score (nSPS) is 26.4. The second-order valence-electron chi connectivity index (χ2n) is 5.07. The zero-order valence-electron chi connectivity index (χ0n) is 11.1. The molecule has 0 aromatic heterocycles. The monoisotopic (exact) mass is 267 g/mol. The third-order valence-electron chi connectivity index (χ3n) is 3.52. The number of aliphatic hydroxyl groups is 1. The van der Waals surface area contributed by atoms with E-state index in [9.17, 15) is 14.3 Å². The van der Waals surface area contributed by atoms with Gasteiger partial charge in [-0.15, -0.1) is 0 Å². The summed E-state index contributed by atoms with van der Waals surface area (Å²) in [5, 5.41) is 12.9. The van der Waals surface area contributed by atoms with Gasteiger partial charge in [0.25, 0.3) is 5.91 Å². The molecule has 0 spiro atoms. The van der Waals surface area contributed by atoms with E-state index in [4.69, 9.17) is 4.74 Å². The summed E-state index contributed by atoms with van der Waals surface area (Å²) in [7, 11) is 0. The number of halogens is 1. The molecule has 2 N–H and O–H groups in total. The number of rotatable bonds is 3. The minimum atomic E-state index is -1.04. The van der Waals surface area contributed by atoms with Crippen molar-refractivity contribution in [2.45, 2.75) is 32.0 Å². The molecule has 5 heteroatoms. The highest BCUT2D eigenvalue weighted by Crippen LogP contribution is 2.24. The lowest BCUT2D eigenvalue weighted by Gasteiger charge is -2.26. The van der Waals surface area contributed by atoms with Crippen LogP contribution in [-0.4, -0.2) is 35.9 Å². The molecule has 1 amide bonds. The van der Waals surface area contributed by atoms with E-state index < -0.39 is 17.3 Å². The molecule has 1 aliphatic heterocycles. The lowest BCUT2D eigenvalue weighted by Crippen LogP contribution is -2.47. The molecule has 1 heterocycles. The predicted octanol–water partition coefficient (Wildman–Crippen LogP) is 1.40. The SMILES string of the molecule is Cc1cc(F)cc(C(=O)NCC2(O)CCOC2C)c1. The number of amides is 1. The summed E-state index contributed by atoms with van der Waals surface area (Å²) in [6, 6.07) is 4.15. The molecular formula is C14H18FNO3. The molecule has 1 aromatic rings. The maximum absolute atomic E-state index is 13.2. The number of hydrogen-bond acceptors (Lipinski definition) is 3. The molecule has 104 valence electrons. The average molecular weight is 267 g/mol. The highest BCUT2D eigenvalue weighted by molar-refractivity contribution is 5.94. The van der Waals surface area contributed by atoms with Gasteiger partial charge in [0, 0.05) is 25.1 Å². The summed E-state index contributed by atoms with van der Waals surface area (Å²) >= 11 is 0. The number of nitrogens with one attached hydrogen (secondary N) is 1. The summed E-state index contributed by atoms with van der Waals surface area (Å²) in [6.07, 6.45) is 0.165. The van der Waals surface area contributed by atoms with Crippen LogP contribution in [0.5, 0.6) is 0 Å². The van der Waals surface area contributed by atoms with E-state index in [1.54, 1.807) is 19.9 Å². The van der Waals surface area contributed by atoms with E-state index in [0.29, 0.717) is 18.6 Å². The Bertz CT molecular complexity index is 471. The van der Waals surface area contributed by atoms with Crippen LogP contribution in [-0.2, 0) is 4.74 Å². The maximum Gasteiger partial charge on any atom is 0.251 e. The minimum absolute atomic E-state index is 0.0998. The molecule has 1 aromatic carbocycles. The van der Waals surface area contributed by atoms with Gasteiger partial charge >= 0.3 is 0 Å². The largest absolute Gasteiger partial charge is 0.385 e. The molecule has 1 aliphatic rings. The van der Waals surface area contributed by atoms with Gasteiger partial charge in [-0.1, -0.05) is 0 Å². The van der Waals surface area contributed by atoms with Gasteiger partial charge in [0.2, 0.25) is 0 Å². The number of ether oxygens (including phenoxy) is 1. The lowest BCUT2D eigenvalue weighted by atomic mass is 9.96. The van der Waals surface area contributed by atoms with E-state index >= 15 is 0 Å². The first-order valence-electron chi connectivity index (χ1n) is 6.30. The van der Waals surface area contributed by atoms with Crippen LogP contribution in [0.1, 0.15) is 29.3 Å². The van der Waals surface area contributed by atoms with Crippen LogP contribution in [0, 0.1) is 12.7 Å². The summed E-state index contributed by atoms with van der Waals surface area (Å²) < 4.78 is 18.5. The molecule has 0 aliphatic carbocycles. The van der Waals surface area contributed by atoms with Gasteiger partial charge in [-0.05, 0) is 37.6 Å². The van der Waals surface area contributed by atoms with Crippen LogP contribution in [0.3, 0.4) is 0 Å². The zero-order valence-corrected chi connectivity index (χ0v) is 11.1. The Morgan fingerprint density at radius 1 is 1.58 bits per heavy atom. The third-order valence-corrected chi connectivity index (χ3v) is 3.52. The topological polar surface area (TPSA) is 58.6 Å². The fourth-order valence-corrected chi connectivity index (χ4v) is 2.21. The standard InChI is InChI=1S/C14H18FNO3/c1-9-5-11(7-12(15)6-9)13(17)16-8-14(18)3-4-19-10(14)2/h5-7,10,18H,3-4,8H2,1-2H3,(H,16,17). The van der Waals surface area contributed by atoms with Crippen molar-refractivity contribution in [1.29, 1.82) is 0 Å². The first kappa shape index (κ1) is 14.0. The van der Waals surface area contributed by atoms with Gasteiger partial charge in [-0.3, -0.25) is 4.79 Å². The Balaban J connectivity index is 2.01. The van der Waals surface area contributed by atoms with Crippen LogP contribution < -0.4 is 5.32 Å². The van der Waals surface area contributed by atoms with Gasteiger partial charge in [0.15, 0.2) is 0 Å². The Kier molecular flexibility index (Phi) is 3.87. The predicted molar refractivity (Wildman–Crippen MR) is 68.5 cm³/mol. The molecule has 0 bridgehead atoms. The molecule has 2 unspecified atom stereocenters. The highest BCUT2D eigenvalue weighted by Gasteiger charge is 2.39. The van der Waals surface area contributed by atoms with E-state index in [1.165, 1.54) is 12.1 Å². The summed E-state index contributed by atoms with van der Waals surface area (Å²) in [5.74, 6) is -0.837. The van der Waals surface area contributed by atoms with Gasteiger partial charge in [-0.25, -0.2) is 4.39 Å². The minimum Gasteiger partial charge on any atom is -0.385 e. The van der Waals surface area contributed by atoms with Crippen molar-refractivity contribution in [3.8, 4) is 0 Å². The quantitative estimate of drug-likeness (QED) is 0.870. The molecule has 0 saturated carbocycles. The number of carbonyl (C=O) groups excluding carboxylic acids is 1. The average Bonchev–Trinajstić information content (AvgIpc) is 2.66. The van der Waals surface area contributed by atoms with E-state index in [-0.39, 0.29) is 18.2 Å². The molecule has 1 fully saturated rings. The van der Waals surface area contributed by atoms with Crippen LogP contribution in [0.25, 0.3) is 0 Å². The number of hydrogen-bond donors (Lipinski definition) is 2. The second kappa shape index (κ2) is 5.27.